The van der Waals surface area contributed by atoms with E-state index in [4.69, 9.17) is 0 Å². The van der Waals surface area contributed by atoms with E-state index in [1.54, 1.807) is 11.3 Å². The second-order valence-electron chi connectivity index (χ2n) is 5.64. The fourth-order valence-corrected chi connectivity index (χ4v) is 4.44. The van der Waals surface area contributed by atoms with E-state index >= 15 is 0 Å². The van der Waals surface area contributed by atoms with E-state index in [1.807, 2.05) is 29.0 Å². The molecule has 0 saturated carbocycles. The average Bonchev–Trinajstić information content (AvgIpc) is 3.17. The molecule has 1 aromatic rings. The molecule has 1 fully saturated rings. The van der Waals surface area contributed by atoms with Crippen LogP contribution in [-0.4, -0.2) is 58.8 Å². The minimum atomic E-state index is -0.0268. The van der Waals surface area contributed by atoms with Crippen molar-refractivity contribution < 1.29 is 4.79 Å². The van der Waals surface area contributed by atoms with Crippen molar-refractivity contribution in [3.8, 4) is 0 Å². The molecule has 0 unspecified atom stereocenters. The van der Waals surface area contributed by atoms with Gasteiger partial charge in [-0.1, -0.05) is 18.7 Å². The third-order valence-electron chi connectivity index (χ3n) is 4.07. The molecule has 2 aliphatic heterocycles. The number of amides is 1. The molecule has 4 nitrogen and oxygen atoms in total. The molecule has 2 atom stereocenters. The average molecular weight is 323 g/mol. The molecule has 2 aliphatic rings. The molecular weight excluding hydrogens is 302 g/mol. The van der Waals surface area contributed by atoms with E-state index < -0.39 is 0 Å². The summed E-state index contributed by atoms with van der Waals surface area (Å²) in [5.41, 5.74) is 1.14. The Hall–Kier alpha value is -1.01. The zero-order valence-electron chi connectivity index (χ0n) is 12.5. The maximum Gasteiger partial charge on any atom is 0.229 e. The van der Waals surface area contributed by atoms with Crippen molar-refractivity contribution >= 4 is 34.2 Å². The van der Waals surface area contributed by atoms with Crippen molar-refractivity contribution in [2.24, 2.45) is 4.99 Å². The number of nitrogens with zero attached hydrogens (tertiary/aromatic N) is 3. The van der Waals surface area contributed by atoms with Gasteiger partial charge < -0.3 is 9.80 Å². The van der Waals surface area contributed by atoms with Gasteiger partial charge in [0.1, 0.15) is 0 Å². The van der Waals surface area contributed by atoms with E-state index in [1.165, 1.54) is 5.17 Å². The molecule has 21 heavy (non-hydrogen) atoms. The third kappa shape index (κ3) is 3.26. The summed E-state index contributed by atoms with van der Waals surface area (Å²) in [5, 5.41) is 5.87. The minimum absolute atomic E-state index is 0.0268. The van der Waals surface area contributed by atoms with Crippen LogP contribution in [0.3, 0.4) is 0 Å². The molecular formula is C15H21N3OS2. The Morgan fingerprint density at radius 2 is 2.14 bits per heavy atom. The highest BCUT2D eigenvalue weighted by atomic mass is 32.2. The van der Waals surface area contributed by atoms with E-state index in [2.05, 4.69) is 28.3 Å². The van der Waals surface area contributed by atoms with Gasteiger partial charge in [-0.3, -0.25) is 9.79 Å². The van der Waals surface area contributed by atoms with Crippen LogP contribution < -0.4 is 0 Å². The highest BCUT2D eigenvalue weighted by molar-refractivity contribution is 8.14. The second-order valence-corrected chi connectivity index (χ2v) is 7.83. The molecule has 0 aliphatic carbocycles. The second kappa shape index (κ2) is 6.40. The van der Waals surface area contributed by atoms with Crippen LogP contribution in [0.1, 0.15) is 25.3 Å². The number of carbonyl (C=O) groups is 1. The summed E-state index contributed by atoms with van der Waals surface area (Å²) in [7, 11) is 0. The molecule has 3 heterocycles. The molecule has 1 aromatic heterocycles. The minimum Gasteiger partial charge on any atom is -0.348 e. The summed E-state index contributed by atoms with van der Waals surface area (Å²) in [6, 6.07) is 2.05. The Labute approximate surface area is 134 Å². The van der Waals surface area contributed by atoms with Gasteiger partial charge in [-0.15, -0.1) is 0 Å². The Kier molecular flexibility index (Phi) is 4.54. The molecule has 1 amide bonds. The number of carbonyl (C=O) groups excluding carboxylic acids is 1. The quantitative estimate of drug-likeness (QED) is 0.839. The fourth-order valence-electron chi connectivity index (χ4n) is 2.69. The summed E-state index contributed by atoms with van der Waals surface area (Å²) < 4.78 is 0. The number of hydrogen-bond donors (Lipinski definition) is 0. The van der Waals surface area contributed by atoms with Crippen LogP contribution >= 0.6 is 23.1 Å². The smallest absolute Gasteiger partial charge is 0.229 e. The molecule has 1 saturated heterocycles. The largest absolute Gasteiger partial charge is 0.348 e. The van der Waals surface area contributed by atoms with Gasteiger partial charge in [-0.25, -0.2) is 0 Å². The van der Waals surface area contributed by atoms with Gasteiger partial charge in [-0.05, 0) is 29.3 Å². The lowest BCUT2D eigenvalue weighted by Gasteiger charge is -2.36. The van der Waals surface area contributed by atoms with E-state index in [9.17, 15) is 4.79 Å². The fraction of sp³-hybridized carbons (Fsp3) is 0.600. The third-order valence-corrected chi connectivity index (χ3v) is 5.92. The van der Waals surface area contributed by atoms with E-state index in [-0.39, 0.29) is 11.8 Å². The van der Waals surface area contributed by atoms with Crippen molar-refractivity contribution in [3.63, 3.8) is 0 Å². The molecule has 114 valence electrons. The van der Waals surface area contributed by atoms with Crippen molar-refractivity contribution in [1.82, 2.24) is 9.80 Å². The number of hydrogen-bond acceptors (Lipinski definition) is 5. The predicted molar refractivity (Wildman–Crippen MR) is 90.2 cm³/mol. The zero-order valence-corrected chi connectivity index (χ0v) is 14.1. The van der Waals surface area contributed by atoms with Crippen LogP contribution in [0.15, 0.2) is 21.8 Å². The number of piperazine rings is 1. The Balaban J connectivity index is 1.55. The lowest BCUT2D eigenvalue weighted by molar-refractivity contribution is -0.133. The van der Waals surface area contributed by atoms with Gasteiger partial charge in [0.15, 0.2) is 5.17 Å². The topological polar surface area (TPSA) is 35.9 Å². The van der Waals surface area contributed by atoms with E-state index in [0.717, 1.165) is 38.3 Å². The monoisotopic (exact) mass is 323 g/mol. The Morgan fingerprint density at radius 3 is 2.71 bits per heavy atom. The van der Waals surface area contributed by atoms with Crippen molar-refractivity contribution in [2.75, 3.05) is 32.7 Å². The van der Waals surface area contributed by atoms with Gasteiger partial charge in [0, 0.05) is 31.4 Å². The Bertz CT molecular complexity index is 521. The van der Waals surface area contributed by atoms with Gasteiger partial charge in [0.05, 0.1) is 12.5 Å². The molecule has 6 heteroatoms. The van der Waals surface area contributed by atoms with Gasteiger partial charge in [-0.2, -0.15) is 11.3 Å². The van der Waals surface area contributed by atoms with E-state index in [0.29, 0.717) is 5.25 Å². The first-order valence-electron chi connectivity index (χ1n) is 7.42. The molecule has 0 aromatic carbocycles. The summed E-state index contributed by atoms with van der Waals surface area (Å²) in [6.07, 6.45) is 0. The van der Waals surface area contributed by atoms with Crippen LogP contribution in [0.4, 0.5) is 0 Å². The number of thioether (sulfide) groups is 1. The zero-order chi connectivity index (χ0) is 14.8. The lowest BCUT2D eigenvalue weighted by Crippen LogP contribution is -2.50. The molecule has 0 radical (unpaired) electrons. The van der Waals surface area contributed by atoms with Crippen molar-refractivity contribution in [3.05, 3.63) is 22.4 Å². The predicted octanol–water partition coefficient (Wildman–Crippen LogP) is 2.49. The molecule has 0 spiro atoms. The number of thiophene rings is 1. The number of aliphatic imine (C=N–C) groups is 1. The Morgan fingerprint density at radius 1 is 1.38 bits per heavy atom. The highest BCUT2D eigenvalue weighted by Gasteiger charge is 2.28. The van der Waals surface area contributed by atoms with Crippen molar-refractivity contribution in [1.29, 1.82) is 0 Å². The van der Waals surface area contributed by atoms with Crippen LogP contribution in [0.5, 0.6) is 0 Å². The maximum atomic E-state index is 12.6. The van der Waals surface area contributed by atoms with Gasteiger partial charge >= 0.3 is 0 Å². The lowest BCUT2D eigenvalue weighted by atomic mass is 10.0. The van der Waals surface area contributed by atoms with Gasteiger partial charge in [0.25, 0.3) is 0 Å². The first-order chi connectivity index (χ1) is 10.1. The number of rotatable bonds is 2. The summed E-state index contributed by atoms with van der Waals surface area (Å²) >= 11 is 3.51. The number of amidine groups is 1. The molecule has 0 N–H and O–H groups in total. The SMILES string of the molecule is C[C@@H]1CN=C(N2CCN(C(=O)[C@H](C)c3ccsc3)CC2)S1. The summed E-state index contributed by atoms with van der Waals surface area (Å²) in [6.45, 7) is 8.57. The van der Waals surface area contributed by atoms with Crippen LogP contribution in [-0.2, 0) is 4.79 Å². The van der Waals surface area contributed by atoms with Gasteiger partial charge in [0.2, 0.25) is 5.91 Å². The van der Waals surface area contributed by atoms with Crippen LogP contribution in [0, 0.1) is 0 Å². The summed E-state index contributed by atoms with van der Waals surface area (Å²) in [5.74, 6) is 0.225. The molecule has 3 rings (SSSR count). The normalized spacial score (nSPS) is 24.1. The standard InChI is InChI=1S/C15H21N3OS2/c1-11-9-16-15(21-11)18-6-4-17(5-7-18)14(19)12(2)13-3-8-20-10-13/h3,8,10-12H,4-7,9H2,1-2H3/t11-,12-/m1/s1. The first-order valence-corrected chi connectivity index (χ1v) is 9.24. The summed E-state index contributed by atoms with van der Waals surface area (Å²) in [4.78, 5) is 21.5. The highest BCUT2D eigenvalue weighted by Crippen LogP contribution is 2.25. The van der Waals surface area contributed by atoms with Crippen LogP contribution in [0.25, 0.3) is 0 Å². The van der Waals surface area contributed by atoms with Crippen LogP contribution in [0.2, 0.25) is 0 Å². The molecule has 0 bridgehead atoms. The first kappa shape index (κ1) is 14.9. The van der Waals surface area contributed by atoms with Crippen molar-refractivity contribution in [2.45, 2.75) is 25.0 Å². The maximum absolute atomic E-state index is 12.6.